The van der Waals surface area contributed by atoms with Crippen LogP contribution < -0.4 is 0 Å². The van der Waals surface area contributed by atoms with Crippen LogP contribution in [0.15, 0.2) is 16.6 Å². The number of hydrogen-bond donors (Lipinski definition) is 0. The molecular weight excluding hydrogens is 273 g/mol. The summed E-state index contributed by atoms with van der Waals surface area (Å²) in [6.07, 6.45) is 2.09. The first-order chi connectivity index (χ1) is 7.59. The van der Waals surface area contributed by atoms with Crippen LogP contribution in [0.25, 0.3) is 0 Å². The van der Waals surface area contributed by atoms with Gasteiger partial charge in [-0.25, -0.2) is 4.39 Å². The van der Waals surface area contributed by atoms with E-state index in [1.54, 1.807) is 11.0 Å². The fourth-order valence-electron chi connectivity index (χ4n) is 1.97. The van der Waals surface area contributed by atoms with Gasteiger partial charge in [0.2, 0.25) is 0 Å². The standard InChI is InChI=1S/C12H13BrFNO/c1-8-6-10(13)11(14)7-9(8)12(16)15-4-2-3-5-15/h6-7H,2-5H2,1H3. The third-order valence-corrected chi connectivity index (χ3v) is 3.50. The van der Waals surface area contributed by atoms with Gasteiger partial charge in [0, 0.05) is 18.7 Å². The van der Waals surface area contributed by atoms with Crippen LogP contribution in [0, 0.1) is 12.7 Å². The minimum atomic E-state index is -0.381. The number of aryl methyl sites for hydroxylation is 1. The fourth-order valence-corrected chi connectivity index (χ4v) is 2.43. The molecule has 0 aromatic heterocycles. The molecular formula is C12H13BrFNO. The molecule has 2 nitrogen and oxygen atoms in total. The molecule has 1 amide bonds. The van der Waals surface area contributed by atoms with Crippen LogP contribution in [0.1, 0.15) is 28.8 Å². The number of rotatable bonds is 1. The average molecular weight is 286 g/mol. The van der Waals surface area contributed by atoms with E-state index in [-0.39, 0.29) is 11.7 Å². The molecule has 1 aromatic rings. The Balaban J connectivity index is 2.32. The number of carbonyl (C=O) groups excluding carboxylic acids is 1. The molecule has 0 N–H and O–H groups in total. The van der Waals surface area contributed by atoms with E-state index in [1.165, 1.54) is 6.07 Å². The van der Waals surface area contributed by atoms with E-state index in [0.29, 0.717) is 10.0 Å². The van der Waals surface area contributed by atoms with Crippen LogP contribution in [0.2, 0.25) is 0 Å². The van der Waals surface area contributed by atoms with E-state index in [9.17, 15) is 9.18 Å². The molecule has 86 valence electrons. The molecule has 2 rings (SSSR count). The first-order valence-electron chi connectivity index (χ1n) is 5.34. The molecule has 1 fully saturated rings. The van der Waals surface area contributed by atoms with Crippen molar-refractivity contribution in [3.8, 4) is 0 Å². The van der Waals surface area contributed by atoms with Crippen molar-refractivity contribution >= 4 is 21.8 Å². The number of benzene rings is 1. The molecule has 0 spiro atoms. The van der Waals surface area contributed by atoms with Crippen molar-refractivity contribution < 1.29 is 9.18 Å². The minimum absolute atomic E-state index is 0.0543. The molecule has 0 saturated carbocycles. The molecule has 4 heteroatoms. The normalized spacial score (nSPS) is 15.6. The Morgan fingerprint density at radius 1 is 1.38 bits per heavy atom. The lowest BCUT2D eigenvalue weighted by atomic mass is 10.1. The Kier molecular flexibility index (Phi) is 3.28. The molecule has 1 saturated heterocycles. The van der Waals surface area contributed by atoms with Crippen LogP contribution in [0.5, 0.6) is 0 Å². The third-order valence-electron chi connectivity index (χ3n) is 2.89. The van der Waals surface area contributed by atoms with Crippen LogP contribution in [0.3, 0.4) is 0 Å². The van der Waals surface area contributed by atoms with Crippen LogP contribution >= 0.6 is 15.9 Å². The summed E-state index contributed by atoms with van der Waals surface area (Å²) in [4.78, 5) is 13.9. The van der Waals surface area contributed by atoms with Gasteiger partial charge in [-0.15, -0.1) is 0 Å². The fraction of sp³-hybridized carbons (Fsp3) is 0.417. The molecule has 0 bridgehead atoms. The highest BCUT2D eigenvalue weighted by atomic mass is 79.9. The van der Waals surface area contributed by atoms with Gasteiger partial charge in [-0.2, -0.15) is 0 Å². The molecule has 16 heavy (non-hydrogen) atoms. The van der Waals surface area contributed by atoms with E-state index in [4.69, 9.17) is 0 Å². The summed E-state index contributed by atoms with van der Waals surface area (Å²) < 4.78 is 13.8. The van der Waals surface area contributed by atoms with Crippen molar-refractivity contribution in [3.05, 3.63) is 33.5 Å². The highest BCUT2D eigenvalue weighted by Gasteiger charge is 2.21. The third kappa shape index (κ3) is 2.12. The molecule has 1 heterocycles. The van der Waals surface area contributed by atoms with Crippen LogP contribution in [0.4, 0.5) is 4.39 Å². The summed E-state index contributed by atoms with van der Waals surface area (Å²) in [5.74, 6) is -0.436. The lowest BCUT2D eigenvalue weighted by Gasteiger charge is -2.16. The van der Waals surface area contributed by atoms with Crippen molar-refractivity contribution in [3.63, 3.8) is 0 Å². The predicted molar refractivity (Wildman–Crippen MR) is 64.0 cm³/mol. The Bertz CT molecular complexity index is 427. The van der Waals surface area contributed by atoms with Gasteiger partial charge in [-0.3, -0.25) is 4.79 Å². The minimum Gasteiger partial charge on any atom is -0.339 e. The first-order valence-corrected chi connectivity index (χ1v) is 6.14. The Morgan fingerprint density at radius 3 is 2.62 bits per heavy atom. The molecule has 0 atom stereocenters. The maximum absolute atomic E-state index is 13.4. The molecule has 1 aliphatic rings. The average Bonchev–Trinajstić information content (AvgIpc) is 2.75. The van der Waals surface area contributed by atoms with Gasteiger partial charge in [0.15, 0.2) is 0 Å². The Morgan fingerprint density at radius 2 is 2.00 bits per heavy atom. The Labute approximate surface area is 103 Å². The number of halogens is 2. The molecule has 0 unspecified atom stereocenters. The van der Waals surface area contributed by atoms with Gasteiger partial charge in [0.1, 0.15) is 5.82 Å². The van der Waals surface area contributed by atoms with Gasteiger partial charge >= 0.3 is 0 Å². The molecule has 1 aliphatic heterocycles. The maximum Gasteiger partial charge on any atom is 0.254 e. The van der Waals surface area contributed by atoms with E-state index in [1.807, 2.05) is 6.92 Å². The van der Waals surface area contributed by atoms with Gasteiger partial charge < -0.3 is 4.90 Å². The number of amides is 1. The van der Waals surface area contributed by atoms with Crippen molar-refractivity contribution in [2.45, 2.75) is 19.8 Å². The summed E-state index contributed by atoms with van der Waals surface area (Å²) >= 11 is 3.11. The second-order valence-corrected chi connectivity index (χ2v) is 4.93. The van der Waals surface area contributed by atoms with Crippen molar-refractivity contribution in [1.82, 2.24) is 4.90 Å². The van der Waals surface area contributed by atoms with E-state index < -0.39 is 0 Å². The SMILES string of the molecule is Cc1cc(Br)c(F)cc1C(=O)N1CCCC1. The van der Waals surface area contributed by atoms with E-state index in [0.717, 1.165) is 31.5 Å². The van der Waals surface area contributed by atoms with Crippen molar-refractivity contribution in [1.29, 1.82) is 0 Å². The van der Waals surface area contributed by atoms with E-state index >= 15 is 0 Å². The monoisotopic (exact) mass is 285 g/mol. The van der Waals surface area contributed by atoms with Crippen molar-refractivity contribution in [2.75, 3.05) is 13.1 Å². The van der Waals surface area contributed by atoms with Gasteiger partial charge in [-0.05, 0) is 53.4 Å². The van der Waals surface area contributed by atoms with Crippen LogP contribution in [-0.2, 0) is 0 Å². The lowest BCUT2D eigenvalue weighted by molar-refractivity contribution is 0.0791. The van der Waals surface area contributed by atoms with Crippen molar-refractivity contribution in [2.24, 2.45) is 0 Å². The predicted octanol–water partition coefficient (Wildman–Crippen LogP) is 3.13. The number of carbonyl (C=O) groups is 1. The number of hydrogen-bond acceptors (Lipinski definition) is 1. The first kappa shape index (κ1) is 11.6. The highest BCUT2D eigenvalue weighted by Crippen LogP contribution is 2.22. The topological polar surface area (TPSA) is 20.3 Å². The summed E-state index contributed by atoms with van der Waals surface area (Å²) in [6, 6.07) is 2.97. The molecule has 0 aliphatic carbocycles. The smallest absolute Gasteiger partial charge is 0.254 e. The molecule has 1 aromatic carbocycles. The zero-order valence-electron chi connectivity index (χ0n) is 9.09. The van der Waals surface area contributed by atoms with Crippen LogP contribution in [-0.4, -0.2) is 23.9 Å². The van der Waals surface area contributed by atoms with E-state index in [2.05, 4.69) is 15.9 Å². The van der Waals surface area contributed by atoms with Gasteiger partial charge in [0.25, 0.3) is 5.91 Å². The quantitative estimate of drug-likeness (QED) is 0.776. The van der Waals surface area contributed by atoms with Gasteiger partial charge in [-0.1, -0.05) is 0 Å². The largest absolute Gasteiger partial charge is 0.339 e. The maximum atomic E-state index is 13.4. The second kappa shape index (κ2) is 4.53. The zero-order valence-corrected chi connectivity index (χ0v) is 10.7. The summed E-state index contributed by atoms with van der Waals surface area (Å²) in [7, 11) is 0. The summed E-state index contributed by atoms with van der Waals surface area (Å²) in [5, 5.41) is 0. The lowest BCUT2D eigenvalue weighted by Crippen LogP contribution is -2.28. The zero-order chi connectivity index (χ0) is 11.7. The second-order valence-electron chi connectivity index (χ2n) is 4.08. The molecule has 0 radical (unpaired) electrons. The van der Waals surface area contributed by atoms with Gasteiger partial charge in [0.05, 0.1) is 4.47 Å². The highest BCUT2D eigenvalue weighted by molar-refractivity contribution is 9.10. The number of likely N-dealkylation sites (tertiary alicyclic amines) is 1. The Hall–Kier alpha value is -0.900. The summed E-state index contributed by atoms with van der Waals surface area (Å²) in [5.41, 5.74) is 1.28. The summed E-state index contributed by atoms with van der Waals surface area (Å²) in [6.45, 7) is 3.40. The number of nitrogens with zero attached hydrogens (tertiary/aromatic N) is 1.